The molecule has 1 aromatic carbocycles. The summed E-state index contributed by atoms with van der Waals surface area (Å²) in [6.45, 7) is 4.30. The molecule has 20 heavy (non-hydrogen) atoms. The highest BCUT2D eigenvalue weighted by atomic mass is 16.4. The van der Waals surface area contributed by atoms with Gasteiger partial charge in [0.15, 0.2) is 0 Å². The number of amidine groups is 1. The Morgan fingerprint density at radius 1 is 1.30 bits per heavy atom. The normalized spacial score (nSPS) is 15.3. The second kappa shape index (κ2) is 8.55. The first kappa shape index (κ1) is 16.5. The molecule has 5 nitrogen and oxygen atoms in total. The molecule has 0 saturated carbocycles. The van der Waals surface area contributed by atoms with Gasteiger partial charge in [0.25, 0.3) is 0 Å². The number of nitrogens with two attached hydrogens (primary N) is 1. The first-order chi connectivity index (χ1) is 9.56. The maximum atomic E-state index is 9.49. The zero-order chi connectivity index (χ0) is 15.0. The van der Waals surface area contributed by atoms with E-state index >= 15 is 0 Å². The Balaban J connectivity index is 2.82. The molecular formula is C15H25N3O2. The zero-order valence-electron chi connectivity index (χ0n) is 12.2. The Bertz CT molecular complexity index is 407. The lowest BCUT2D eigenvalue weighted by atomic mass is 9.99. The predicted molar refractivity (Wildman–Crippen MR) is 80.7 cm³/mol. The number of nitrogens with one attached hydrogen (secondary N) is 1. The van der Waals surface area contributed by atoms with Gasteiger partial charge in [0.2, 0.25) is 0 Å². The van der Waals surface area contributed by atoms with Crippen LogP contribution >= 0.6 is 0 Å². The van der Waals surface area contributed by atoms with Crippen LogP contribution < -0.4 is 11.1 Å². The van der Waals surface area contributed by atoms with Crippen LogP contribution in [0.1, 0.15) is 38.3 Å². The Morgan fingerprint density at radius 2 is 1.95 bits per heavy atom. The third kappa shape index (κ3) is 5.59. The average molecular weight is 279 g/mol. The van der Waals surface area contributed by atoms with Gasteiger partial charge in [-0.05, 0) is 17.9 Å². The number of aliphatic hydroxyl groups excluding tert-OH is 1. The Morgan fingerprint density at radius 3 is 2.45 bits per heavy atom. The van der Waals surface area contributed by atoms with E-state index in [9.17, 15) is 5.11 Å². The van der Waals surface area contributed by atoms with Crippen LogP contribution in [0.5, 0.6) is 0 Å². The minimum Gasteiger partial charge on any atom is -0.409 e. The topological polar surface area (TPSA) is 90.9 Å². The monoisotopic (exact) mass is 279 g/mol. The quantitative estimate of drug-likeness (QED) is 0.253. The van der Waals surface area contributed by atoms with Gasteiger partial charge in [-0.25, -0.2) is 0 Å². The fraction of sp³-hybridized carbons (Fsp3) is 0.533. The molecule has 1 rings (SSSR count). The van der Waals surface area contributed by atoms with E-state index in [1.54, 1.807) is 0 Å². The Kier molecular flexibility index (Phi) is 7.04. The standard InChI is InChI=1S/C15H25N3O2/c1-11(2)8-13(10-19)17-14(9-15(16)18-20)12-6-4-3-5-7-12/h3-7,11,13-14,17,19-20H,8-10H2,1-2H3,(H2,16,18). The van der Waals surface area contributed by atoms with E-state index in [2.05, 4.69) is 24.3 Å². The third-order valence-corrected chi connectivity index (χ3v) is 3.16. The summed E-state index contributed by atoms with van der Waals surface area (Å²) in [5.41, 5.74) is 6.68. The number of hydrogen-bond donors (Lipinski definition) is 4. The van der Waals surface area contributed by atoms with Crippen LogP contribution in [-0.4, -0.2) is 28.8 Å². The van der Waals surface area contributed by atoms with Crippen molar-refractivity contribution in [1.29, 1.82) is 0 Å². The molecule has 0 heterocycles. The molecule has 0 aliphatic rings. The minimum atomic E-state index is -0.0806. The molecule has 5 heteroatoms. The first-order valence-corrected chi connectivity index (χ1v) is 6.95. The molecule has 0 aliphatic carbocycles. The number of benzene rings is 1. The fourth-order valence-corrected chi connectivity index (χ4v) is 2.26. The molecule has 0 amide bonds. The van der Waals surface area contributed by atoms with Crippen LogP contribution in [0.3, 0.4) is 0 Å². The smallest absolute Gasteiger partial charge is 0.141 e. The van der Waals surface area contributed by atoms with Crippen molar-refractivity contribution in [3.05, 3.63) is 35.9 Å². The third-order valence-electron chi connectivity index (χ3n) is 3.16. The van der Waals surface area contributed by atoms with Crippen LogP contribution in [0, 0.1) is 5.92 Å². The van der Waals surface area contributed by atoms with Crippen molar-refractivity contribution in [1.82, 2.24) is 5.32 Å². The van der Waals surface area contributed by atoms with Crippen LogP contribution in [0.2, 0.25) is 0 Å². The van der Waals surface area contributed by atoms with Crippen molar-refractivity contribution in [3.63, 3.8) is 0 Å². The molecular weight excluding hydrogens is 254 g/mol. The molecule has 0 radical (unpaired) electrons. The van der Waals surface area contributed by atoms with Gasteiger partial charge in [0.1, 0.15) is 5.84 Å². The molecule has 0 aliphatic heterocycles. The summed E-state index contributed by atoms with van der Waals surface area (Å²) in [5, 5.41) is 24.7. The van der Waals surface area contributed by atoms with Gasteiger partial charge in [-0.1, -0.05) is 49.3 Å². The Labute approximate surface area is 120 Å². The highest BCUT2D eigenvalue weighted by Crippen LogP contribution is 2.19. The van der Waals surface area contributed by atoms with Crippen molar-refractivity contribution < 1.29 is 10.3 Å². The number of oxime groups is 1. The molecule has 112 valence electrons. The molecule has 5 N–H and O–H groups in total. The van der Waals surface area contributed by atoms with Crippen LogP contribution in [0.15, 0.2) is 35.5 Å². The highest BCUT2D eigenvalue weighted by molar-refractivity contribution is 5.80. The molecule has 2 atom stereocenters. The second-order valence-corrected chi connectivity index (χ2v) is 5.43. The molecule has 0 saturated heterocycles. The highest BCUT2D eigenvalue weighted by Gasteiger charge is 2.18. The van der Waals surface area contributed by atoms with Crippen molar-refractivity contribution in [2.75, 3.05) is 6.61 Å². The van der Waals surface area contributed by atoms with E-state index in [0.717, 1.165) is 12.0 Å². The van der Waals surface area contributed by atoms with Crippen molar-refractivity contribution in [2.45, 2.75) is 38.8 Å². The van der Waals surface area contributed by atoms with Crippen LogP contribution in [0.4, 0.5) is 0 Å². The van der Waals surface area contributed by atoms with E-state index in [0.29, 0.717) is 12.3 Å². The summed E-state index contributed by atoms with van der Waals surface area (Å²) in [5.74, 6) is 0.660. The van der Waals surface area contributed by atoms with Gasteiger partial charge in [-0.3, -0.25) is 0 Å². The predicted octanol–water partition coefficient (Wildman–Crippen LogP) is 1.86. The number of aliphatic hydroxyl groups is 1. The lowest BCUT2D eigenvalue weighted by Crippen LogP contribution is -2.38. The zero-order valence-corrected chi connectivity index (χ0v) is 12.2. The SMILES string of the molecule is CC(C)CC(CO)NC(CC(N)=NO)c1ccccc1. The fourth-order valence-electron chi connectivity index (χ4n) is 2.26. The maximum absolute atomic E-state index is 9.49. The van der Waals surface area contributed by atoms with Crippen molar-refractivity contribution in [2.24, 2.45) is 16.8 Å². The van der Waals surface area contributed by atoms with Gasteiger partial charge in [-0.15, -0.1) is 0 Å². The molecule has 0 aromatic heterocycles. The summed E-state index contributed by atoms with van der Waals surface area (Å²) >= 11 is 0. The molecule has 0 fully saturated rings. The van der Waals surface area contributed by atoms with Crippen molar-refractivity contribution >= 4 is 5.84 Å². The van der Waals surface area contributed by atoms with E-state index in [4.69, 9.17) is 10.9 Å². The lowest BCUT2D eigenvalue weighted by Gasteiger charge is -2.26. The largest absolute Gasteiger partial charge is 0.409 e. The molecule has 0 bridgehead atoms. The van der Waals surface area contributed by atoms with Gasteiger partial charge in [0, 0.05) is 18.5 Å². The van der Waals surface area contributed by atoms with E-state index in [1.807, 2.05) is 30.3 Å². The van der Waals surface area contributed by atoms with Crippen LogP contribution in [0.25, 0.3) is 0 Å². The van der Waals surface area contributed by atoms with Gasteiger partial charge in [0.05, 0.1) is 6.61 Å². The van der Waals surface area contributed by atoms with E-state index < -0.39 is 0 Å². The minimum absolute atomic E-state index is 0.00769. The van der Waals surface area contributed by atoms with Gasteiger partial charge >= 0.3 is 0 Å². The lowest BCUT2D eigenvalue weighted by molar-refractivity contribution is 0.213. The summed E-state index contributed by atoms with van der Waals surface area (Å²) in [6.07, 6.45) is 1.27. The molecule has 2 unspecified atom stereocenters. The molecule has 1 aromatic rings. The molecule has 0 spiro atoms. The Hall–Kier alpha value is -1.59. The van der Waals surface area contributed by atoms with E-state index in [-0.39, 0.29) is 24.5 Å². The van der Waals surface area contributed by atoms with Crippen LogP contribution in [-0.2, 0) is 0 Å². The summed E-state index contributed by atoms with van der Waals surface area (Å²) < 4.78 is 0. The summed E-state index contributed by atoms with van der Waals surface area (Å²) in [7, 11) is 0. The maximum Gasteiger partial charge on any atom is 0.141 e. The van der Waals surface area contributed by atoms with Gasteiger partial charge in [-0.2, -0.15) is 0 Å². The van der Waals surface area contributed by atoms with E-state index in [1.165, 1.54) is 0 Å². The van der Waals surface area contributed by atoms with Crippen molar-refractivity contribution in [3.8, 4) is 0 Å². The number of hydrogen-bond acceptors (Lipinski definition) is 4. The first-order valence-electron chi connectivity index (χ1n) is 6.95. The average Bonchev–Trinajstić information content (AvgIpc) is 2.45. The second-order valence-electron chi connectivity index (χ2n) is 5.43. The number of rotatable bonds is 8. The van der Waals surface area contributed by atoms with Gasteiger partial charge < -0.3 is 21.4 Å². The number of nitrogens with zero attached hydrogens (tertiary/aromatic N) is 1. The summed E-state index contributed by atoms with van der Waals surface area (Å²) in [4.78, 5) is 0. The summed E-state index contributed by atoms with van der Waals surface area (Å²) in [6, 6.07) is 9.74.